The molecule has 2 aliphatic rings. The largest absolute Gasteiger partial charge is 0.378 e. The monoisotopic (exact) mass is 673 g/mol. The van der Waals surface area contributed by atoms with Gasteiger partial charge in [0.15, 0.2) is 0 Å². The van der Waals surface area contributed by atoms with Crippen LogP contribution in [-0.4, -0.2) is 25.4 Å². The summed E-state index contributed by atoms with van der Waals surface area (Å²) in [4.78, 5) is 4.77. The summed E-state index contributed by atoms with van der Waals surface area (Å²) < 4.78 is 2.66. The van der Waals surface area contributed by atoms with Gasteiger partial charge in [-0.25, -0.2) is 0 Å². The van der Waals surface area contributed by atoms with Crippen LogP contribution in [0.3, 0.4) is 0 Å². The molecule has 0 amide bonds. The molecule has 0 bridgehead atoms. The summed E-state index contributed by atoms with van der Waals surface area (Å²) in [7, 11) is 4.23. The van der Waals surface area contributed by atoms with Gasteiger partial charge in [-0.15, -0.1) is 0 Å². The predicted octanol–water partition coefficient (Wildman–Crippen LogP) is 11.2. The maximum atomic E-state index is 2.66. The summed E-state index contributed by atoms with van der Waals surface area (Å²) >= 11 is 0. The number of anilines is 4. The minimum absolute atomic E-state index is 0.00437. The molecule has 7 aromatic carbocycles. The van der Waals surface area contributed by atoms with Gasteiger partial charge in [-0.3, -0.25) is 0 Å². The first-order valence-electron chi connectivity index (χ1n) is 18.7. The Balaban J connectivity index is 1.35. The molecular weight excluding hydrogens is 629 g/mol. The molecular formula is C48H44BN3. The van der Waals surface area contributed by atoms with Crippen LogP contribution in [0, 0.1) is 0 Å². The number of fused-ring (bicyclic) bond motifs is 9. The number of nitrogens with zero attached hydrogens (tertiary/aromatic N) is 3. The highest BCUT2D eigenvalue weighted by molar-refractivity contribution is 6.90. The number of hydrogen-bond acceptors (Lipinski definition) is 2. The zero-order valence-corrected chi connectivity index (χ0v) is 31.5. The minimum atomic E-state index is -0.00437. The minimum Gasteiger partial charge on any atom is -0.378 e. The SMILES string of the molecule is CN(C)c1ccc2cc3cc4c(cc3cc2c1)B1c2c(cccc2N4c2cc(C(C)(C)C)cc(C(C)(C)C)c2)-c2cccc3c4ccccc4n1c23. The lowest BCUT2D eigenvalue weighted by molar-refractivity contribution is 0.569. The summed E-state index contributed by atoms with van der Waals surface area (Å²) in [6.45, 7) is 14.0. The summed E-state index contributed by atoms with van der Waals surface area (Å²) in [5.41, 5.74) is 15.6. The summed E-state index contributed by atoms with van der Waals surface area (Å²) in [6.07, 6.45) is 0. The molecule has 4 heteroatoms. The van der Waals surface area contributed by atoms with Crippen molar-refractivity contribution in [3.8, 4) is 11.1 Å². The van der Waals surface area contributed by atoms with Crippen molar-refractivity contribution in [3.05, 3.63) is 132 Å². The van der Waals surface area contributed by atoms with Crippen LogP contribution < -0.4 is 20.7 Å². The van der Waals surface area contributed by atoms with Crippen molar-refractivity contribution in [1.82, 2.24) is 4.48 Å². The van der Waals surface area contributed by atoms with Gasteiger partial charge in [-0.2, -0.15) is 0 Å². The molecule has 3 nitrogen and oxygen atoms in total. The second-order valence-corrected chi connectivity index (χ2v) is 17.4. The molecule has 52 heavy (non-hydrogen) atoms. The van der Waals surface area contributed by atoms with E-state index in [9.17, 15) is 0 Å². The second-order valence-electron chi connectivity index (χ2n) is 17.4. The molecule has 0 unspecified atom stereocenters. The van der Waals surface area contributed by atoms with Gasteiger partial charge in [-0.1, -0.05) is 108 Å². The second kappa shape index (κ2) is 10.5. The van der Waals surface area contributed by atoms with Crippen LogP contribution in [0.5, 0.6) is 0 Å². The van der Waals surface area contributed by atoms with E-state index >= 15 is 0 Å². The topological polar surface area (TPSA) is 11.4 Å². The Bertz CT molecular complexity index is 2780. The van der Waals surface area contributed by atoms with E-state index in [0.29, 0.717) is 0 Å². The molecule has 8 aromatic rings. The molecule has 0 N–H and O–H groups in total. The van der Waals surface area contributed by atoms with Crippen LogP contribution in [-0.2, 0) is 10.8 Å². The van der Waals surface area contributed by atoms with E-state index in [2.05, 4.69) is 191 Å². The van der Waals surface area contributed by atoms with Crippen molar-refractivity contribution < 1.29 is 0 Å². The Morgan fingerprint density at radius 2 is 1.19 bits per heavy atom. The molecule has 0 saturated heterocycles. The lowest BCUT2D eigenvalue weighted by atomic mass is 9.45. The zero-order chi connectivity index (χ0) is 35.8. The van der Waals surface area contributed by atoms with Gasteiger partial charge in [0.1, 0.15) is 0 Å². The first-order valence-corrected chi connectivity index (χ1v) is 18.7. The lowest BCUT2D eigenvalue weighted by Gasteiger charge is -2.41. The Labute approximate surface area is 307 Å². The highest BCUT2D eigenvalue weighted by atomic mass is 15.2. The first kappa shape index (κ1) is 31.3. The van der Waals surface area contributed by atoms with E-state index in [4.69, 9.17) is 0 Å². The fourth-order valence-electron chi connectivity index (χ4n) is 8.98. The van der Waals surface area contributed by atoms with E-state index in [1.54, 1.807) is 0 Å². The van der Waals surface area contributed by atoms with Crippen molar-refractivity contribution >= 4 is 83.9 Å². The molecule has 254 valence electrons. The van der Waals surface area contributed by atoms with E-state index < -0.39 is 0 Å². The van der Waals surface area contributed by atoms with Crippen LogP contribution in [0.25, 0.3) is 54.5 Å². The Kier molecular flexibility index (Phi) is 6.34. The molecule has 3 heterocycles. The molecule has 0 atom stereocenters. The third-order valence-electron chi connectivity index (χ3n) is 11.8. The quantitative estimate of drug-likeness (QED) is 0.134. The van der Waals surface area contributed by atoms with Gasteiger partial charge in [0.2, 0.25) is 0 Å². The van der Waals surface area contributed by atoms with Crippen LogP contribution >= 0.6 is 0 Å². The van der Waals surface area contributed by atoms with Crippen molar-refractivity contribution in [2.24, 2.45) is 0 Å². The fraction of sp³-hybridized carbons (Fsp3) is 0.208. The molecule has 1 aromatic heterocycles. The van der Waals surface area contributed by atoms with Gasteiger partial charge in [0.05, 0.1) is 0 Å². The maximum absolute atomic E-state index is 2.66. The first-order chi connectivity index (χ1) is 24.9. The zero-order valence-electron chi connectivity index (χ0n) is 31.5. The average molecular weight is 674 g/mol. The molecule has 0 radical (unpaired) electrons. The Morgan fingerprint density at radius 1 is 0.538 bits per heavy atom. The van der Waals surface area contributed by atoms with Gasteiger partial charge in [0.25, 0.3) is 0 Å². The van der Waals surface area contributed by atoms with Gasteiger partial charge < -0.3 is 14.3 Å². The average Bonchev–Trinajstić information content (AvgIpc) is 3.45. The molecule has 0 fully saturated rings. The van der Waals surface area contributed by atoms with Crippen LogP contribution in [0.2, 0.25) is 0 Å². The Morgan fingerprint density at radius 3 is 1.94 bits per heavy atom. The van der Waals surface area contributed by atoms with Crippen LogP contribution in [0.1, 0.15) is 52.7 Å². The molecule has 0 saturated carbocycles. The maximum Gasteiger partial charge on any atom is 0.333 e. The summed E-state index contributed by atoms with van der Waals surface area (Å²) in [5.74, 6) is 0. The van der Waals surface area contributed by atoms with Crippen LogP contribution in [0.4, 0.5) is 22.7 Å². The number of rotatable bonds is 2. The van der Waals surface area contributed by atoms with E-state index in [0.717, 1.165) is 0 Å². The number of hydrogen-bond donors (Lipinski definition) is 0. The summed E-state index contributed by atoms with van der Waals surface area (Å²) in [6, 6.07) is 46.8. The van der Waals surface area contributed by atoms with Crippen LogP contribution in [0.15, 0.2) is 121 Å². The molecule has 0 aliphatic carbocycles. The Hall–Kier alpha value is -5.48. The molecule has 10 rings (SSSR count). The van der Waals surface area contributed by atoms with E-state index in [-0.39, 0.29) is 17.7 Å². The van der Waals surface area contributed by atoms with Crippen molar-refractivity contribution in [3.63, 3.8) is 0 Å². The highest BCUT2D eigenvalue weighted by Gasteiger charge is 2.43. The van der Waals surface area contributed by atoms with Crippen molar-refractivity contribution in [1.29, 1.82) is 0 Å². The van der Waals surface area contributed by atoms with Crippen molar-refractivity contribution in [2.45, 2.75) is 52.4 Å². The lowest BCUT2D eigenvalue weighted by Crippen LogP contribution is -2.56. The van der Waals surface area contributed by atoms with Gasteiger partial charge >= 0.3 is 6.85 Å². The molecule has 0 spiro atoms. The highest BCUT2D eigenvalue weighted by Crippen LogP contribution is 2.47. The standard InChI is InChI=1S/C48H44BN3/c1-47(2,3)33-26-34(48(4,5)6)28-36(27-33)51-43-18-12-14-38-40-16-11-15-39-37-13-9-10-17-42(37)52(46(39)40)49(45(38)43)41-24-31-22-30-23-35(50(7)8)20-19-29(30)21-32(31)25-44(41)51/h9-28H,1-8H3. The smallest absolute Gasteiger partial charge is 0.333 e. The number of benzene rings is 7. The van der Waals surface area contributed by atoms with Gasteiger partial charge in [0, 0.05) is 64.2 Å². The summed E-state index contributed by atoms with van der Waals surface area (Å²) in [5, 5.41) is 7.70. The van der Waals surface area contributed by atoms with E-state index in [1.807, 2.05) is 0 Å². The third-order valence-corrected chi connectivity index (χ3v) is 11.8. The third kappa shape index (κ3) is 4.40. The normalized spacial score (nSPS) is 13.7. The molecule has 2 aliphatic heterocycles. The van der Waals surface area contributed by atoms with Crippen molar-refractivity contribution in [2.75, 3.05) is 23.9 Å². The number of aromatic nitrogens is 1. The predicted molar refractivity (Wildman–Crippen MR) is 227 cm³/mol. The van der Waals surface area contributed by atoms with Gasteiger partial charge in [-0.05, 0) is 115 Å². The fourth-order valence-corrected chi connectivity index (χ4v) is 8.98. The van der Waals surface area contributed by atoms with E-state index in [1.165, 1.54) is 99.3 Å². The number of para-hydroxylation sites is 2.